The minimum Gasteiger partial charge on any atom is -0.457 e. The summed E-state index contributed by atoms with van der Waals surface area (Å²) in [4.78, 5) is 13.3. The minimum atomic E-state index is -1.57. The molecule has 4 nitrogen and oxygen atoms in total. The molecule has 1 N–H and O–H groups in total. The number of carbonyl (C=O) groups is 1. The summed E-state index contributed by atoms with van der Waals surface area (Å²) in [6.45, 7) is 0.383. The van der Waals surface area contributed by atoms with Gasteiger partial charge in [0, 0.05) is 13.6 Å². The third-order valence-electron chi connectivity index (χ3n) is 4.50. The highest BCUT2D eigenvalue weighted by atomic mass is 32.1. The van der Waals surface area contributed by atoms with Gasteiger partial charge in [0.2, 0.25) is 0 Å². The van der Waals surface area contributed by atoms with Crippen LogP contribution in [0.2, 0.25) is 0 Å². The summed E-state index contributed by atoms with van der Waals surface area (Å²) in [5.74, 6) is -0.706. The van der Waals surface area contributed by atoms with Crippen LogP contribution in [0, 0.1) is 30.9 Å². The summed E-state index contributed by atoms with van der Waals surface area (Å²) >= 11 is 1.37. The van der Waals surface area contributed by atoms with Gasteiger partial charge in [-0.25, -0.2) is 4.79 Å². The number of likely N-dealkylation sites (N-methyl/N-ethyl adjacent to an activating group) is 1. The van der Waals surface area contributed by atoms with Gasteiger partial charge in [0.1, 0.15) is 25.2 Å². The molecule has 1 saturated carbocycles. The molecule has 1 aliphatic carbocycles. The summed E-state index contributed by atoms with van der Waals surface area (Å²) in [6, 6.07) is 8.56. The van der Waals surface area contributed by atoms with Crippen LogP contribution in [0.5, 0.6) is 0 Å². The van der Waals surface area contributed by atoms with Gasteiger partial charge in [-0.05, 0) is 24.3 Å². The monoisotopic (exact) mass is 336 g/mol. The molecule has 5 heteroatoms. The van der Waals surface area contributed by atoms with Gasteiger partial charge in [-0.3, -0.25) is 0 Å². The second kappa shape index (κ2) is 7.19. The normalized spacial score (nSPS) is 17.9. The van der Waals surface area contributed by atoms with Crippen LogP contribution in [0.3, 0.4) is 0 Å². The Morgan fingerprint density at radius 3 is 2.70 bits per heavy atom. The van der Waals surface area contributed by atoms with Crippen LogP contribution in [0.15, 0.2) is 17.5 Å². The molecule has 1 unspecified atom stereocenters. The molecule has 0 aliphatic heterocycles. The van der Waals surface area contributed by atoms with Crippen LogP contribution in [0.25, 0.3) is 0 Å². The molecule has 0 aromatic carbocycles. The molecule has 126 valence electrons. The van der Waals surface area contributed by atoms with E-state index in [1.54, 1.807) is 13.1 Å². The van der Waals surface area contributed by atoms with Gasteiger partial charge < -0.3 is 9.84 Å². The number of quaternary nitrogens is 1. The van der Waals surface area contributed by atoms with Gasteiger partial charge in [-0.2, -0.15) is 4.48 Å². The zero-order valence-electron chi connectivity index (χ0n) is 13.3. The van der Waals surface area contributed by atoms with Gasteiger partial charge in [-0.1, -0.05) is 31.8 Å². The summed E-state index contributed by atoms with van der Waals surface area (Å²) in [5, 5.41) is 13.0. The number of esters is 1. The molecule has 23 heavy (non-hydrogen) atoms. The standard InChI is InChI=1S/C18H22NO3S.2H2/c1-4-19(3,5-2)12-13-22-17(20)18(21,15-9-6-7-10-15)16-11-8-14-23-16;;/h1-2,8,11,14-15,21H,6-7,9-10,12-13H2,3H3;2*1H/q+1;;. The van der Waals surface area contributed by atoms with E-state index in [0.29, 0.717) is 11.4 Å². The lowest BCUT2D eigenvalue weighted by Crippen LogP contribution is -2.44. The first kappa shape index (κ1) is 17.6. The Labute approximate surface area is 144 Å². The molecule has 0 amide bonds. The van der Waals surface area contributed by atoms with Gasteiger partial charge >= 0.3 is 5.97 Å². The molecule has 1 atom stereocenters. The van der Waals surface area contributed by atoms with Gasteiger partial charge in [-0.15, -0.1) is 11.3 Å². The maximum atomic E-state index is 12.6. The quantitative estimate of drug-likeness (QED) is 0.494. The van der Waals surface area contributed by atoms with E-state index in [0.717, 1.165) is 25.7 Å². The van der Waals surface area contributed by atoms with Crippen molar-refractivity contribution < 1.29 is 22.0 Å². The van der Waals surface area contributed by atoms with Crippen LogP contribution in [0.1, 0.15) is 33.4 Å². The fourth-order valence-electron chi connectivity index (χ4n) is 2.90. The van der Waals surface area contributed by atoms with Crippen molar-refractivity contribution in [2.75, 3.05) is 20.2 Å². The van der Waals surface area contributed by atoms with Crippen molar-refractivity contribution >= 4 is 17.3 Å². The molecule has 0 radical (unpaired) electrons. The zero-order chi connectivity index (χ0) is 16.9. The molecule has 0 bridgehead atoms. The Hall–Kier alpha value is -1.79. The van der Waals surface area contributed by atoms with Crippen LogP contribution in [-0.4, -0.2) is 35.8 Å². The molecular formula is C18H26NO3S+. The second-order valence-corrected chi connectivity index (χ2v) is 6.98. The number of rotatable bonds is 6. The Morgan fingerprint density at radius 1 is 1.52 bits per heavy atom. The summed E-state index contributed by atoms with van der Waals surface area (Å²) in [7, 11) is 1.69. The number of nitrogens with zero attached hydrogens (tertiary/aromatic N) is 1. The summed E-state index contributed by atoms with van der Waals surface area (Å²) in [5.41, 5.74) is -1.57. The highest BCUT2D eigenvalue weighted by Gasteiger charge is 2.48. The van der Waals surface area contributed by atoms with E-state index in [1.165, 1.54) is 11.3 Å². The number of carbonyl (C=O) groups excluding carboxylic acids is 1. The average Bonchev–Trinajstić information content (AvgIpc) is 3.26. The zero-order valence-corrected chi connectivity index (χ0v) is 14.1. The van der Waals surface area contributed by atoms with Crippen LogP contribution in [-0.2, 0) is 15.1 Å². The van der Waals surface area contributed by atoms with E-state index < -0.39 is 11.6 Å². The third kappa shape index (κ3) is 3.59. The molecule has 1 aliphatic rings. The largest absolute Gasteiger partial charge is 0.457 e. The van der Waals surface area contributed by atoms with Crippen molar-refractivity contribution in [2.45, 2.75) is 31.3 Å². The van der Waals surface area contributed by atoms with Crippen molar-refractivity contribution in [2.24, 2.45) is 5.92 Å². The average molecular weight is 336 g/mol. The maximum absolute atomic E-state index is 12.6. The second-order valence-electron chi connectivity index (χ2n) is 6.03. The lowest BCUT2D eigenvalue weighted by Gasteiger charge is -2.31. The lowest BCUT2D eigenvalue weighted by molar-refractivity contribution is -0.772. The minimum absolute atomic E-state index is 0. The molecule has 0 spiro atoms. The highest BCUT2D eigenvalue weighted by Crippen LogP contribution is 2.43. The first-order valence-electron chi connectivity index (χ1n) is 7.71. The number of ether oxygens (including phenoxy) is 1. The highest BCUT2D eigenvalue weighted by molar-refractivity contribution is 7.10. The van der Waals surface area contributed by atoms with E-state index >= 15 is 0 Å². The summed E-state index contributed by atoms with van der Waals surface area (Å²) < 4.78 is 5.28. The Kier molecular flexibility index (Phi) is 5.49. The molecule has 1 heterocycles. The molecule has 1 aromatic rings. The number of hydrogen-bond donors (Lipinski definition) is 1. The topological polar surface area (TPSA) is 46.5 Å². The number of hydrogen-bond acceptors (Lipinski definition) is 4. The predicted molar refractivity (Wildman–Crippen MR) is 94.1 cm³/mol. The number of thiophene rings is 1. The fraction of sp³-hybridized carbons (Fsp3) is 0.500. The maximum Gasteiger partial charge on any atom is 0.344 e. The van der Waals surface area contributed by atoms with Crippen LogP contribution in [0.4, 0.5) is 0 Å². The molecule has 1 fully saturated rings. The molecule has 0 saturated heterocycles. The Bertz CT molecular complexity index is 616. The van der Waals surface area contributed by atoms with Crippen molar-refractivity contribution in [1.82, 2.24) is 0 Å². The van der Waals surface area contributed by atoms with E-state index in [9.17, 15) is 9.90 Å². The van der Waals surface area contributed by atoms with Gasteiger partial charge in [0.05, 0.1) is 7.05 Å². The fourth-order valence-corrected chi connectivity index (χ4v) is 3.80. The lowest BCUT2D eigenvalue weighted by atomic mass is 9.84. The van der Waals surface area contributed by atoms with Crippen LogP contribution < -0.4 is 0 Å². The molecule has 2 rings (SSSR count). The molecule has 1 aromatic heterocycles. The number of aliphatic hydroxyl groups is 1. The first-order chi connectivity index (χ1) is 11.0. The smallest absolute Gasteiger partial charge is 0.344 e. The van der Waals surface area contributed by atoms with Crippen molar-refractivity contribution in [3.63, 3.8) is 0 Å². The van der Waals surface area contributed by atoms with Crippen molar-refractivity contribution in [1.29, 1.82) is 0 Å². The van der Waals surface area contributed by atoms with E-state index in [-0.39, 0.29) is 19.9 Å². The van der Waals surface area contributed by atoms with Crippen LogP contribution >= 0.6 is 11.3 Å². The Balaban J connectivity index is 0.00000288. The van der Waals surface area contributed by atoms with Gasteiger partial charge in [0.15, 0.2) is 5.60 Å². The van der Waals surface area contributed by atoms with Gasteiger partial charge in [0.25, 0.3) is 0 Å². The Morgan fingerprint density at radius 2 is 2.17 bits per heavy atom. The van der Waals surface area contributed by atoms with Crippen molar-refractivity contribution in [3.05, 3.63) is 22.4 Å². The van der Waals surface area contributed by atoms with E-state index in [1.807, 2.05) is 11.4 Å². The van der Waals surface area contributed by atoms with E-state index in [2.05, 4.69) is 12.1 Å². The molecular weight excluding hydrogens is 310 g/mol. The third-order valence-corrected chi connectivity index (χ3v) is 5.49. The number of terminal acetylenes is 2. The SMILES string of the molecule is C#C[N+](C)(C#C)CCOC(=O)C(O)(c1cccs1)C1CCCC1.[HH].[HH]. The summed E-state index contributed by atoms with van der Waals surface area (Å²) in [6.07, 6.45) is 14.5. The predicted octanol–water partition coefficient (Wildman–Crippen LogP) is 2.79. The van der Waals surface area contributed by atoms with Crippen molar-refractivity contribution in [3.8, 4) is 24.9 Å². The van der Waals surface area contributed by atoms with E-state index in [4.69, 9.17) is 17.6 Å². The first-order valence-corrected chi connectivity index (χ1v) is 8.59.